The first kappa shape index (κ1) is 13.1. The van der Waals surface area contributed by atoms with Crippen molar-refractivity contribution in [1.82, 2.24) is 14.7 Å². The number of aromatic amines is 1. The summed E-state index contributed by atoms with van der Waals surface area (Å²) in [6.45, 7) is 4.24. The van der Waals surface area contributed by atoms with Crippen LogP contribution in [0.3, 0.4) is 0 Å². The zero-order chi connectivity index (χ0) is 13.4. The van der Waals surface area contributed by atoms with Crippen LogP contribution >= 0.6 is 0 Å². The predicted octanol–water partition coefficient (Wildman–Crippen LogP) is -0.305. The molecule has 1 amide bonds. The van der Waals surface area contributed by atoms with Gasteiger partial charge in [0.1, 0.15) is 5.69 Å². The Bertz CT molecular complexity index is 548. The van der Waals surface area contributed by atoms with Crippen LogP contribution in [-0.4, -0.2) is 48.4 Å². The minimum absolute atomic E-state index is 0.0434. The average Bonchev–Trinajstić information content (AvgIpc) is 2.66. The number of nitrogens with one attached hydrogen (secondary N) is 1. The molecule has 0 bridgehead atoms. The topological polar surface area (TPSA) is 75.2 Å². The molecule has 1 aromatic heterocycles. The van der Waals surface area contributed by atoms with Gasteiger partial charge in [-0.1, -0.05) is 0 Å². The van der Waals surface area contributed by atoms with Crippen LogP contribution in [-0.2, 0) is 17.8 Å². The number of carbonyl (C=O) groups is 1. The van der Waals surface area contributed by atoms with E-state index in [0.717, 1.165) is 0 Å². The third-order valence-corrected chi connectivity index (χ3v) is 5.30. The zero-order valence-corrected chi connectivity index (χ0v) is 11.5. The highest BCUT2D eigenvalue weighted by Crippen LogP contribution is 2.18. The van der Waals surface area contributed by atoms with Crippen molar-refractivity contribution >= 4 is 16.7 Å². The molecule has 1 fully saturated rings. The molecule has 2 rings (SSSR count). The standard InChI is InChI=1S/C11H17N3O3S/c1-7-8(2)18(17)5-4-14(7)11(16)9-6-10(15)13(3)12-9/h6-8,12H,4-5H2,1-3H3. The second kappa shape index (κ2) is 4.72. The number of H-pyrrole nitrogens is 1. The van der Waals surface area contributed by atoms with Crippen molar-refractivity contribution in [3.8, 4) is 0 Å². The highest BCUT2D eigenvalue weighted by atomic mass is 32.2. The van der Waals surface area contributed by atoms with Gasteiger partial charge in [-0.2, -0.15) is 0 Å². The van der Waals surface area contributed by atoms with E-state index in [-0.39, 0.29) is 28.5 Å². The minimum atomic E-state index is -0.879. The number of amides is 1. The van der Waals surface area contributed by atoms with Gasteiger partial charge in [-0.25, -0.2) is 0 Å². The first-order valence-corrected chi connectivity index (χ1v) is 7.24. The molecule has 1 aliphatic heterocycles. The highest BCUT2D eigenvalue weighted by Gasteiger charge is 2.33. The van der Waals surface area contributed by atoms with Gasteiger partial charge in [0.25, 0.3) is 11.5 Å². The molecule has 0 aliphatic carbocycles. The normalized spacial score (nSPS) is 28.4. The third kappa shape index (κ3) is 2.14. The average molecular weight is 271 g/mol. The molecule has 1 aromatic rings. The minimum Gasteiger partial charge on any atom is -0.333 e. The summed E-state index contributed by atoms with van der Waals surface area (Å²) >= 11 is 0. The summed E-state index contributed by atoms with van der Waals surface area (Å²) in [6.07, 6.45) is 0. The molecule has 0 aromatic carbocycles. The molecule has 0 radical (unpaired) electrons. The molecule has 1 N–H and O–H groups in total. The molecule has 7 heteroatoms. The Balaban J connectivity index is 2.24. The Morgan fingerprint density at radius 1 is 1.50 bits per heavy atom. The maximum Gasteiger partial charge on any atom is 0.272 e. The first-order chi connectivity index (χ1) is 8.41. The molecule has 0 saturated carbocycles. The molecular weight excluding hydrogens is 254 g/mol. The van der Waals surface area contributed by atoms with E-state index in [9.17, 15) is 13.8 Å². The molecule has 18 heavy (non-hydrogen) atoms. The fourth-order valence-electron chi connectivity index (χ4n) is 2.09. The molecule has 100 valence electrons. The van der Waals surface area contributed by atoms with Gasteiger partial charge >= 0.3 is 0 Å². The van der Waals surface area contributed by atoms with Crippen molar-refractivity contribution in [2.24, 2.45) is 7.05 Å². The van der Waals surface area contributed by atoms with Gasteiger partial charge in [-0.15, -0.1) is 0 Å². The van der Waals surface area contributed by atoms with Gasteiger partial charge in [0.05, 0.1) is 5.25 Å². The van der Waals surface area contributed by atoms with E-state index >= 15 is 0 Å². The van der Waals surface area contributed by atoms with Crippen LogP contribution in [0, 0.1) is 0 Å². The molecule has 0 spiro atoms. The van der Waals surface area contributed by atoms with Gasteiger partial charge in [0.15, 0.2) is 0 Å². The maximum atomic E-state index is 12.3. The molecule has 6 nitrogen and oxygen atoms in total. The number of carbonyl (C=O) groups excluding carboxylic acids is 1. The fraction of sp³-hybridized carbons (Fsp3) is 0.636. The van der Waals surface area contributed by atoms with Crippen LogP contribution in [0.2, 0.25) is 0 Å². The maximum absolute atomic E-state index is 12.3. The van der Waals surface area contributed by atoms with E-state index in [2.05, 4.69) is 5.10 Å². The van der Waals surface area contributed by atoms with Crippen molar-refractivity contribution in [3.63, 3.8) is 0 Å². The summed E-state index contributed by atoms with van der Waals surface area (Å²) < 4.78 is 12.9. The van der Waals surface area contributed by atoms with Gasteiger partial charge in [0.2, 0.25) is 0 Å². The number of hydrogen-bond donors (Lipinski definition) is 1. The quantitative estimate of drug-likeness (QED) is 0.761. The summed E-state index contributed by atoms with van der Waals surface area (Å²) in [4.78, 5) is 25.3. The lowest BCUT2D eigenvalue weighted by atomic mass is 10.2. The lowest BCUT2D eigenvalue weighted by molar-refractivity contribution is 0.0689. The zero-order valence-electron chi connectivity index (χ0n) is 10.7. The van der Waals surface area contributed by atoms with Crippen molar-refractivity contribution in [1.29, 1.82) is 0 Å². The lowest BCUT2D eigenvalue weighted by Gasteiger charge is -2.36. The van der Waals surface area contributed by atoms with Crippen LogP contribution in [0.5, 0.6) is 0 Å². The molecule has 3 unspecified atom stereocenters. The van der Waals surface area contributed by atoms with Crippen LogP contribution in [0.4, 0.5) is 0 Å². The van der Waals surface area contributed by atoms with Crippen LogP contribution < -0.4 is 5.56 Å². The summed E-state index contributed by atoms with van der Waals surface area (Å²) in [6, 6.07) is 1.21. The van der Waals surface area contributed by atoms with Gasteiger partial charge in [-0.05, 0) is 13.8 Å². The van der Waals surface area contributed by atoms with E-state index in [4.69, 9.17) is 0 Å². The summed E-state index contributed by atoms with van der Waals surface area (Å²) in [5.41, 5.74) is 0.0499. The molecule has 3 atom stereocenters. The Labute approximate surface area is 107 Å². The number of rotatable bonds is 1. The second-order valence-corrected chi connectivity index (χ2v) is 6.51. The van der Waals surface area contributed by atoms with Crippen molar-refractivity contribution in [2.75, 3.05) is 12.3 Å². The number of hydrogen-bond acceptors (Lipinski definition) is 3. The monoisotopic (exact) mass is 271 g/mol. The van der Waals surface area contributed by atoms with Crippen molar-refractivity contribution in [2.45, 2.75) is 25.1 Å². The Kier molecular flexibility index (Phi) is 3.43. The lowest BCUT2D eigenvalue weighted by Crippen LogP contribution is -2.52. The number of nitrogens with zero attached hydrogens (tertiary/aromatic N) is 2. The Morgan fingerprint density at radius 2 is 2.17 bits per heavy atom. The van der Waals surface area contributed by atoms with E-state index in [0.29, 0.717) is 12.3 Å². The number of aryl methyl sites for hydroxylation is 1. The van der Waals surface area contributed by atoms with E-state index in [1.165, 1.54) is 10.7 Å². The number of aromatic nitrogens is 2. The van der Waals surface area contributed by atoms with Gasteiger partial charge in [-0.3, -0.25) is 23.6 Å². The van der Waals surface area contributed by atoms with Crippen molar-refractivity contribution < 1.29 is 9.00 Å². The van der Waals surface area contributed by atoms with E-state index in [1.807, 2.05) is 13.8 Å². The molecular formula is C11H17N3O3S. The SMILES string of the molecule is CC1C(C)S(=O)CCN1C(=O)c1cc(=O)n(C)[nH]1. The van der Waals surface area contributed by atoms with E-state index < -0.39 is 10.8 Å². The predicted molar refractivity (Wildman–Crippen MR) is 69.0 cm³/mol. The fourth-order valence-corrected chi connectivity index (χ4v) is 3.42. The first-order valence-electron chi connectivity index (χ1n) is 5.86. The molecule has 1 saturated heterocycles. The van der Waals surface area contributed by atoms with Gasteiger partial charge < -0.3 is 4.90 Å². The van der Waals surface area contributed by atoms with Gasteiger partial charge in [0, 0.05) is 42.3 Å². The highest BCUT2D eigenvalue weighted by molar-refractivity contribution is 7.85. The van der Waals surface area contributed by atoms with E-state index in [1.54, 1.807) is 11.9 Å². The summed E-state index contributed by atoms with van der Waals surface area (Å²) in [5, 5.41) is 2.68. The smallest absolute Gasteiger partial charge is 0.272 e. The molecule has 2 heterocycles. The van der Waals surface area contributed by atoms with Crippen LogP contribution in [0.1, 0.15) is 24.3 Å². The van der Waals surface area contributed by atoms with Crippen LogP contribution in [0.25, 0.3) is 0 Å². The summed E-state index contributed by atoms with van der Waals surface area (Å²) in [5.74, 6) is 0.289. The molecule has 1 aliphatic rings. The van der Waals surface area contributed by atoms with Crippen molar-refractivity contribution in [3.05, 3.63) is 22.1 Å². The second-order valence-electron chi connectivity index (χ2n) is 4.60. The largest absolute Gasteiger partial charge is 0.333 e. The Morgan fingerprint density at radius 3 is 2.72 bits per heavy atom. The van der Waals surface area contributed by atoms with Crippen LogP contribution in [0.15, 0.2) is 10.9 Å². The Hall–Kier alpha value is -1.37. The summed E-state index contributed by atoms with van der Waals surface area (Å²) in [7, 11) is 0.687. The third-order valence-electron chi connectivity index (χ3n) is 3.50.